The molecule has 1 aliphatic heterocycles. The van der Waals surface area contributed by atoms with Crippen molar-refractivity contribution in [1.82, 2.24) is 4.57 Å². The molecule has 2 heterocycles. The molecule has 3 aromatic rings. The van der Waals surface area contributed by atoms with Gasteiger partial charge in [-0.1, -0.05) is 54.3 Å². The third kappa shape index (κ3) is 1.93. The van der Waals surface area contributed by atoms with E-state index in [-0.39, 0.29) is 11.3 Å². The zero-order valence-corrected chi connectivity index (χ0v) is 12.2. The summed E-state index contributed by atoms with van der Waals surface area (Å²) in [6.07, 6.45) is 2.29. The molecule has 0 aliphatic carbocycles. The SMILES string of the molecule is O=c1c(Cc2ccccc2)c([O-])c2cccc3c2n1CCC3. The molecule has 4 rings (SSSR count). The summed E-state index contributed by atoms with van der Waals surface area (Å²) >= 11 is 0. The van der Waals surface area contributed by atoms with E-state index in [9.17, 15) is 9.90 Å². The molecule has 0 spiro atoms. The summed E-state index contributed by atoms with van der Waals surface area (Å²) in [5.41, 5.74) is 3.23. The van der Waals surface area contributed by atoms with Crippen LogP contribution in [-0.4, -0.2) is 4.57 Å². The minimum absolute atomic E-state index is 0.108. The number of rotatable bonds is 2. The number of para-hydroxylation sites is 1. The Kier molecular flexibility index (Phi) is 3.00. The fraction of sp³-hybridized carbons (Fsp3) is 0.211. The average molecular weight is 290 g/mol. The summed E-state index contributed by atoms with van der Waals surface area (Å²) in [5, 5.41) is 13.5. The summed E-state index contributed by atoms with van der Waals surface area (Å²) in [4.78, 5) is 12.8. The van der Waals surface area contributed by atoms with Crippen molar-refractivity contribution in [2.24, 2.45) is 0 Å². The van der Waals surface area contributed by atoms with E-state index in [4.69, 9.17) is 0 Å². The lowest BCUT2D eigenvalue weighted by Crippen LogP contribution is -2.29. The highest BCUT2D eigenvalue weighted by atomic mass is 16.3. The highest BCUT2D eigenvalue weighted by molar-refractivity contribution is 5.89. The van der Waals surface area contributed by atoms with Crippen LogP contribution in [0.2, 0.25) is 0 Å². The molecule has 0 fully saturated rings. The number of hydrogen-bond acceptors (Lipinski definition) is 2. The molecular weight excluding hydrogens is 274 g/mol. The van der Waals surface area contributed by atoms with Crippen LogP contribution in [0.15, 0.2) is 53.3 Å². The zero-order valence-electron chi connectivity index (χ0n) is 12.2. The van der Waals surface area contributed by atoms with Gasteiger partial charge in [-0.2, -0.15) is 0 Å². The van der Waals surface area contributed by atoms with Crippen LogP contribution >= 0.6 is 0 Å². The summed E-state index contributed by atoms with van der Waals surface area (Å²) in [5.74, 6) is -0.108. The van der Waals surface area contributed by atoms with Gasteiger partial charge in [-0.3, -0.25) is 4.79 Å². The van der Waals surface area contributed by atoms with Gasteiger partial charge < -0.3 is 9.67 Å². The third-order valence-electron chi connectivity index (χ3n) is 4.46. The summed E-state index contributed by atoms with van der Waals surface area (Å²) in [6.45, 7) is 0.703. The summed E-state index contributed by atoms with van der Waals surface area (Å²) in [6, 6.07) is 15.5. The molecular formula is C19H16NO2-. The number of aryl methyl sites for hydroxylation is 2. The van der Waals surface area contributed by atoms with Crippen molar-refractivity contribution < 1.29 is 5.11 Å². The van der Waals surface area contributed by atoms with Crippen LogP contribution in [0.4, 0.5) is 0 Å². The van der Waals surface area contributed by atoms with Gasteiger partial charge in [-0.25, -0.2) is 0 Å². The van der Waals surface area contributed by atoms with E-state index in [1.165, 1.54) is 0 Å². The van der Waals surface area contributed by atoms with E-state index >= 15 is 0 Å². The maximum atomic E-state index is 12.8. The first kappa shape index (κ1) is 13.1. The van der Waals surface area contributed by atoms with Crippen molar-refractivity contribution >= 4 is 10.9 Å². The zero-order chi connectivity index (χ0) is 15.1. The molecule has 110 valence electrons. The van der Waals surface area contributed by atoms with Gasteiger partial charge in [0.2, 0.25) is 0 Å². The average Bonchev–Trinajstić information content (AvgIpc) is 2.57. The predicted octanol–water partition coefficient (Wildman–Crippen LogP) is 2.61. The first-order valence-corrected chi connectivity index (χ1v) is 7.64. The Bertz CT molecular complexity index is 910. The maximum Gasteiger partial charge on any atom is 0.253 e. The fourth-order valence-corrected chi connectivity index (χ4v) is 3.42. The number of nitrogens with zero attached hydrogens (tertiary/aromatic N) is 1. The van der Waals surface area contributed by atoms with E-state index in [0.29, 0.717) is 23.9 Å². The molecule has 0 saturated heterocycles. The molecule has 3 heteroatoms. The van der Waals surface area contributed by atoms with Crippen LogP contribution in [-0.2, 0) is 19.4 Å². The Morgan fingerprint density at radius 3 is 2.68 bits per heavy atom. The fourth-order valence-electron chi connectivity index (χ4n) is 3.42. The quantitative estimate of drug-likeness (QED) is 0.728. The normalized spacial score (nSPS) is 13.5. The Balaban J connectivity index is 1.99. The molecule has 2 aromatic carbocycles. The predicted molar refractivity (Wildman–Crippen MR) is 85.2 cm³/mol. The van der Waals surface area contributed by atoms with Crippen molar-refractivity contribution in [3.05, 3.63) is 75.6 Å². The Labute approximate surface area is 128 Å². The van der Waals surface area contributed by atoms with Crippen molar-refractivity contribution in [2.45, 2.75) is 25.8 Å². The lowest BCUT2D eigenvalue weighted by Gasteiger charge is -2.25. The second-order valence-corrected chi connectivity index (χ2v) is 5.84. The van der Waals surface area contributed by atoms with Crippen LogP contribution in [0.3, 0.4) is 0 Å². The van der Waals surface area contributed by atoms with Crippen LogP contribution in [0.25, 0.3) is 10.9 Å². The van der Waals surface area contributed by atoms with Crippen molar-refractivity contribution in [1.29, 1.82) is 0 Å². The van der Waals surface area contributed by atoms with Crippen LogP contribution in [0, 0.1) is 0 Å². The monoisotopic (exact) mass is 290 g/mol. The topological polar surface area (TPSA) is 45.1 Å². The second-order valence-electron chi connectivity index (χ2n) is 5.84. The molecule has 3 nitrogen and oxygen atoms in total. The molecule has 0 amide bonds. The maximum absolute atomic E-state index is 12.8. The van der Waals surface area contributed by atoms with Gasteiger partial charge in [0.25, 0.3) is 5.56 Å². The number of pyridine rings is 1. The Morgan fingerprint density at radius 1 is 1.05 bits per heavy atom. The van der Waals surface area contributed by atoms with E-state index < -0.39 is 0 Å². The van der Waals surface area contributed by atoms with Crippen LogP contribution < -0.4 is 10.7 Å². The Hall–Kier alpha value is -2.55. The summed E-state index contributed by atoms with van der Waals surface area (Å²) < 4.78 is 1.80. The van der Waals surface area contributed by atoms with Crippen molar-refractivity contribution in [2.75, 3.05) is 0 Å². The second kappa shape index (κ2) is 5.02. The van der Waals surface area contributed by atoms with E-state index in [0.717, 1.165) is 29.5 Å². The highest BCUT2D eigenvalue weighted by Crippen LogP contribution is 2.30. The molecule has 0 bridgehead atoms. The van der Waals surface area contributed by atoms with Gasteiger partial charge >= 0.3 is 0 Å². The molecule has 22 heavy (non-hydrogen) atoms. The van der Waals surface area contributed by atoms with Crippen molar-refractivity contribution in [3.8, 4) is 5.75 Å². The van der Waals surface area contributed by atoms with Crippen LogP contribution in [0.1, 0.15) is 23.1 Å². The van der Waals surface area contributed by atoms with Gasteiger partial charge in [0.15, 0.2) is 0 Å². The lowest BCUT2D eigenvalue weighted by molar-refractivity contribution is -0.267. The Morgan fingerprint density at radius 2 is 1.86 bits per heavy atom. The number of hydrogen-bond donors (Lipinski definition) is 0. The van der Waals surface area contributed by atoms with Gasteiger partial charge in [-0.15, -0.1) is 0 Å². The molecule has 1 aliphatic rings. The molecule has 0 N–H and O–H groups in total. The largest absolute Gasteiger partial charge is 0.872 e. The first-order chi connectivity index (χ1) is 10.8. The smallest absolute Gasteiger partial charge is 0.253 e. The number of aromatic nitrogens is 1. The minimum Gasteiger partial charge on any atom is -0.872 e. The van der Waals surface area contributed by atoms with Gasteiger partial charge in [0, 0.05) is 18.5 Å². The van der Waals surface area contributed by atoms with E-state index in [2.05, 4.69) is 0 Å². The first-order valence-electron chi connectivity index (χ1n) is 7.64. The molecule has 0 atom stereocenters. The van der Waals surface area contributed by atoms with Gasteiger partial charge in [-0.05, 0) is 29.4 Å². The molecule has 1 aromatic heterocycles. The standard InChI is InChI=1S/C19H17NO2/c21-18-15-10-4-8-14-9-5-11-20(17(14)15)19(22)16(18)12-13-6-2-1-3-7-13/h1-4,6-8,10,21H,5,9,11-12H2/p-1. The number of benzene rings is 2. The minimum atomic E-state index is -0.117. The third-order valence-corrected chi connectivity index (χ3v) is 4.46. The molecule has 0 radical (unpaired) electrons. The summed E-state index contributed by atoms with van der Waals surface area (Å²) in [7, 11) is 0. The molecule has 0 saturated carbocycles. The highest BCUT2D eigenvalue weighted by Gasteiger charge is 2.17. The van der Waals surface area contributed by atoms with Crippen LogP contribution in [0.5, 0.6) is 5.75 Å². The lowest BCUT2D eigenvalue weighted by atomic mass is 9.97. The van der Waals surface area contributed by atoms with E-state index in [1.54, 1.807) is 4.57 Å². The van der Waals surface area contributed by atoms with Gasteiger partial charge in [0.1, 0.15) is 0 Å². The molecule has 0 unspecified atom stereocenters. The van der Waals surface area contributed by atoms with E-state index in [1.807, 2.05) is 48.5 Å². The van der Waals surface area contributed by atoms with Crippen molar-refractivity contribution in [3.63, 3.8) is 0 Å². The van der Waals surface area contributed by atoms with Gasteiger partial charge in [0.05, 0.1) is 5.52 Å².